The average Bonchev–Trinajstić information content (AvgIpc) is 3.33. The van der Waals surface area contributed by atoms with Crippen LogP contribution >= 0.6 is 34.3 Å². The number of carboxylic acid groups (broad SMARTS) is 1. The van der Waals surface area contributed by atoms with Gasteiger partial charge in [0.25, 0.3) is 0 Å². The quantitative estimate of drug-likeness (QED) is 0.293. The van der Waals surface area contributed by atoms with E-state index in [9.17, 15) is 9.90 Å². The molecule has 2 heterocycles. The van der Waals surface area contributed by atoms with Gasteiger partial charge in [0.15, 0.2) is 0 Å². The molecule has 0 spiro atoms. The summed E-state index contributed by atoms with van der Waals surface area (Å²) in [5.41, 5.74) is 5.69. The number of carboxylic acids is 1. The Balaban J connectivity index is 1.55. The third-order valence-corrected chi connectivity index (χ3v) is 6.57. The lowest BCUT2D eigenvalue weighted by molar-refractivity contribution is 0.0697. The van der Waals surface area contributed by atoms with Gasteiger partial charge in [-0.15, -0.1) is 11.3 Å². The predicted molar refractivity (Wildman–Crippen MR) is 117 cm³/mol. The molecule has 0 saturated carbocycles. The summed E-state index contributed by atoms with van der Waals surface area (Å²) in [5.74, 6) is -1.04. The van der Waals surface area contributed by atoms with Gasteiger partial charge in [-0.05, 0) is 48.9 Å². The van der Waals surface area contributed by atoms with E-state index in [1.54, 1.807) is 23.5 Å². The monoisotopic (exact) mass is 427 g/mol. The molecule has 0 amide bonds. The Morgan fingerprint density at radius 2 is 1.96 bits per heavy atom. The molecule has 0 aliphatic heterocycles. The number of thiophene rings is 1. The maximum absolute atomic E-state index is 11.3. The number of hydrogen-bond acceptors (Lipinski definition) is 6. The fourth-order valence-electron chi connectivity index (χ4n) is 2.64. The number of aromatic carboxylic acids is 1. The zero-order valence-electron chi connectivity index (χ0n) is 14.6. The molecule has 2 N–H and O–H groups in total. The van der Waals surface area contributed by atoms with Gasteiger partial charge in [0.1, 0.15) is 0 Å². The number of para-hydroxylation sites is 1. The summed E-state index contributed by atoms with van der Waals surface area (Å²) < 4.78 is 1.10. The Labute approximate surface area is 173 Å². The lowest BCUT2D eigenvalue weighted by atomic mass is 10.1. The van der Waals surface area contributed by atoms with Crippen LogP contribution in [0.2, 0.25) is 5.02 Å². The fraction of sp³-hybridized carbons (Fsp3) is 0.0500. The van der Waals surface area contributed by atoms with Gasteiger partial charge in [-0.25, -0.2) is 9.78 Å². The number of fused-ring (bicyclic) bond motifs is 1. The Hall–Kier alpha value is -2.74. The van der Waals surface area contributed by atoms with Crippen molar-refractivity contribution in [2.45, 2.75) is 6.92 Å². The zero-order chi connectivity index (χ0) is 19.7. The lowest BCUT2D eigenvalue weighted by Crippen LogP contribution is -1.97. The lowest BCUT2D eigenvalue weighted by Gasteiger charge is -2.02. The Morgan fingerprint density at radius 1 is 1.14 bits per heavy atom. The smallest absolute Gasteiger partial charge is 0.337 e. The summed E-state index contributed by atoms with van der Waals surface area (Å²) in [6, 6.07) is 16.9. The zero-order valence-corrected chi connectivity index (χ0v) is 17.0. The molecule has 0 aliphatic carbocycles. The van der Waals surface area contributed by atoms with E-state index in [0.717, 1.165) is 36.4 Å². The van der Waals surface area contributed by atoms with E-state index in [-0.39, 0.29) is 10.6 Å². The highest BCUT2D eigenvalue weighted by Gasteiger charge is 2.12. The molecule has 0 atom stereocenters. The third kappa shape index (κ3) is 3.77. The number of nitrogens with one attached hydrogen (secondary N) is 1. The van der Waals surface area contributed by atoms with Crippen LogP contribution in [0.25, 0.3) is 20.7 Å². The van der Waals surface area contributed by atoms with Crippen molar-refractivity contribution in [1.82, 2.24) is 4.98 Å². The minimum Gasteiger partial charge on any atom is -0.478 e. The van der Waals surface area contributed by atoms with E-state index in [1.807, 2.05) is 49.4 Å². The van der Waals surface area contributed by atoms with Crippen molar-refractivity contribution in [1.29, 1.82) is 0 Å². The first-order valence-corrected chi connectivity index (χ1v) is 10.3. The number of hydrazone groups is 1. The van der Waals surface area contributed by atoms with Crippen LogP contribution in [-0.2, 0) is 0 Å². The van der Waals surface area contributed by atoms with E-state index < -0.39 is 5.97 Å². The van der Waals surface area contributed by atoms with Gasteiger partial charge in [-0.1, -0.05) is 41.1 Å². The number of carbonyl (C=O) groups is 1. The van der Waals surface area contributed by atoms with E-state index in [0.29, 0.717) is 0 Å². The topological polar surface area (TPSA) is 74.6 Å². The van der Waals surface area contributed by atoms with E-state index in [4.69, 9.17) is 11.6 Å². The normalized spacial score (nSPS) is 11.7. The molecule has 8 heteroatoms. The molecule has 2 aromatic carbocycles. The summed E-state index contributed by atoms with van der Waals surface area (Å²) in [5, 5.41) is 14.6. The second kappa shape index (κ2) is 7.71. The largest absolute Gasteiger partial charge is 0.478 e. The van der Waals surface area contributed by atoms with Crippen LogP contribution in [0.15, 0.2) is 59.7 Å². The Bertz CT molecular complexity index is 1180. The molecule has 4 rings (SSSR count). The van der Waals surface area contributed by atoms with Crippen molar-refractivity contribution in [3.63, 3.8) is 0 Å². The minimum atomic E-state index is -1.04. The molecule has 4 aromatic rings. The molecule has 0 radical (unpaired) electrons. The second-order valence-corrected chi connectivity index (χ2v) is 8.48. The molecule has 0 unspecified atom stereocenters. The van der Waals surface area contributed by atoms with Crippen LogP contribution < -0.4 is 5.43 Å². The first-order chi connectivity index (χ1) is 13.5. The highest BCUT2D eigenvalue weighted by Crippen LogP contribution is 2.31. The van der Waals surface area contributed by atoms with Crippen molar-refractivity contribution < 1.29 is 9.90 Å². The second-order valence-electron chi connectivity index (χ2n) is 5.96. The van der Waals surface area contributed by atoms with Crippen molar-refractivity contribution in [2.24, 2.45) is 5.10 Å². The van der Waals surface area contributed by atoms with Gasteiger partial charge < -0.3 is 5.11 Å². The fourth-order valence-corrected chi connectivity index (χ4v) is 4.59. The number of aromatic nitrogens is 1. The average molecular weight is 428 g/mol. The Kier molecular flexibility index (Phi) is 5.13. The number of hydrogen-bond donors (Lipinski definition) is 2. The van der Waals surface area contributed by atoms with Crippen LogP contribution in [-0.4, -0.2) is 21.8 Å². The molecule has 0 bridgehead atoms. The van der Waals surface area contributed by atoms with Gasteiger partial charge in [-0.3, -0.25) is 5.43 Å². The van der Waals surface area contributed by atoms with Crippen LogP contribution in [0.3, 0.4) is 0 Å². The van der Waals surface area contributed by atoms with Crippen molar-refractivity contribution >= 4 is 61.3 Å². The van der Waals surface area contributed by atoms with Crippen molar-refractivity contribution in [3.8, 4) is 10.4 Å². The van der Waals surface area contributed by atoms with Gasteiger partial charge >= 0.3 is 5.97 Å². The molecule has 5 nitrogen and oxygen atoms in total. The summed E-state index contributed by atoms with van der Waals surface area (Å²) >= 11 is 9.04. The minimum absolute atomic E-state index is 0.0945. The summed E-state index contributed by atoms with van der Waals surface area (Å²) in [6.45, 7) is 1.92. The highest BCUT2D eigenvalue weighted by atomic mass is 35.5. The summed E-state index contributed by atoms with van der Waals surface area (Å²) in [7, 11) is 0. The summed E-state index contributed by atoms with van der Waals surface area (Å²) in [4.78, 5) is 17.7. The number of benzene rings is 2. The number of halogens is 1. The van der Waals surface area contributed by atoms with Crippen LogP contribution in [0, 0.1) is 0 Å². The van der Waals surface area contributed by atoms with E-state index in [2.05, 4.69) is 15.5 Å². The highest BCUT2D eigenvalue weighted by molar-refractivity contribution is 7.22. The van der Waals surface area contributed by atoms with Crippen LogP contribution in [0.5, 0.6) is 0 Å². The number of nitrogens with zero attached hydrogens (tertiary/aromatic N) is 2. The molecule has 2 aromatic heterocycles. The van der Waals surface area contributed by atoms with Crippen molar-refractivity contribution in [3.05, 3.63) is 70.1 Å². The molecule has 28 heavy (non-hydrogen) atoms. The maximum Gasteiger partial charge on any atom is 0.337 e. The van der Waals surface area contributed by atoms with E-state index >= 15 is 0 Å². The maximum atomic E-state index is 11.3. The molecule has 0 aliphatic rings. The van der Waals surface area contributed by atoms with Crippen molar-refractivity contribution in [2.75, 3.05) is 5.43 Å². The van der Waals surface area contributed by atoms with Crippen LogP contribution in [0.4, 0.5) is 5.13 Å². The van der Waals surface area contributed by atoms with Crippen LogP contribution in [0.1, 0.15) is 22.2 Å². The van der Waals surface area contributed by atoms with Gasteiger partial charge in [-0.2, -0.15) is 5.10 Å². The number of thiazole rings is 1. The van der Waals surface area contributed by atoms with E-state index in [1.165, 1.54) is 11.3 Å². The molecule has 0 saturated heterocycles. The number of anilines is 1. The van der Waals surface area contributed by atoms with Gasteiger partial charge in [0.2, 0.25) is 5.13 Å². The predicted octanol–water partition coefficient (Wildman–Crippen LogP) is 6.21. The summed E-state index contributed by atoms with van der Waals surface area (Å²) in [6.07, 6.45) is 0. The Morgan fingerprint density at radius 3 is 2.75 bits per heavy atom. The SMILES string of the molecule is C/C(=N\Nc1nc2ccccc2s1)c1ccc(-c2ccc(Cl)c(C(=O)O)c2)s1. The standard InChI is InChI=1S/C20H14ClN3O2S2/c1-11(23-24-20-22-15-4-2-3-5-18(15)28-20)16-8-9-17(27-16)12-6-7-14(21)13(10-12)19(25)26/h2-10H,1H3,(H,22,24)(H,25,26)/b23-11+. The third-order valence-electron chi connectivity index (χ3n) is 4.06. The molecule has 140 valence electrons. The van der Waals surface area contributed by atoms with Gasteiger partial charge in [0, 0.05) is 4.88 Å². The molecule has 0 fully saturated rings. The molecular weight excluding hydrogens is 414 g/mol. The molecular formula is C20H14ClN3O2S2. The number of rotatable bonds is 5. The van der Waals surface area contributed by atoms with Gasteiger partial charge in [0.05, 0.1) is 31.4 Å². The first kappa shape index (κ1) is 18.6. The first-order valence-electron chi connectivity index (χ1n) is 8.30.